The summed E-state index contributed by atoms with van der Waals surface area (Å²) >= 11 is 0. The molecule has 4 aromatic carbocycles. The molecule has 0 unspecified atom stereocenters. The van der Waals surface area contributed by atoms with Crippen LogP contribution >= 0.6 is 0 Å². The first-order valence-electron chi connectivity index (χ1n) is 23.7. The van der Waals surface area contributed by atoms with Gasteiger partial charge in [0.15, 0.2) is 5.60 Å². The van der Waals surface area contributed by atoms with E-state index in [1.54, 1.807) is 46.7 Å². The smallest absolute Gasteiger partial charge is 0.407 e. The van der Waals surface area contributed by atoms with Gasteiger partial charge < -0.3 is 45.3 Å². The van der Waals surface area contributed by atoms with Gasteiger partial charge in [0.1, 0.15) is 25.8 Å². The molecule has 2 atom stereocenters. The number of aromatic nitrogens is 2. The second-order valence-electron chi connectivity index (χ2n) is 17.7. The normalized spacial score (nSPS) is 15.5. The molecule has 0 saturated heterocycles. The highest BCUT2D eigenvalue weighted by Crippen LogP contribution is 2.45. The number of cyclic esters (lactones) is 1. The molecule has 9 rings (SSSR count). The van der Waals surface area contributed by atoms with Gasteiger partial charge in [-0.2, -0.15) is 0 Å². The van der Waals surface area contributed by atoms with Crippen LogP contribution in [0.3, 0.4) is 0 Å². The zero-order valence-electron chi connectivity index (χ0n) is 39.3. The maximum Gasteiger partial charge on any atom is 0.407 e. The first-order chi connectivity index (χ1) is 34.4. The van der Waals surface area contributed by atoms with Crippen LogP contribution in [0.25, 0.3) is 33.4 Å². The summed E-state index contributed by atoms with van der Waals surface area (Å²) in [5, 5.41) is 22.5. The number of aliphatic hydroxyl groups is 1. The van der Waals surface area contributed by atoms with Crippen LogP contribution in [0.15, 0.2) is 114 Å². The molecule has 3 aliphatic rings. The molecule has 0 spiro atoms. The minimum atomic E-state index is -1.97. The molecule has 5 N–H and O–H groups in total. The zero-order chi connectivity index (χ0) is 49.8. The maximum atomic E-state index is 13.9. The number of amides is 5. The first-order valence-corrected chi connectivity index (χ1v) is 23.7. The molecule has 6 aromatic rings. The van der Waals surface area contributed by atoms with Crippen molar-refractivity contribution in [1.29, 1.82) is 0 Å². The Morgan fingerprint density at radius 2 is 1.51 bits per heavy atom. The third kappa shape index (κ3) is 9.60. The predicted molar refractivity (Wildman–Crippen MR) is 262 cm³/mol. The number of ether oxygens (including phenoxy) is 2. The highest BCUT2D eigenvalue weighted by molar-refractivity contribution is 5.93. The van der Waals surface area contributed by atoms with Gasteiger partial charge in [-0.25, -0.2) is 14.6 Å². The van der Waals surface area contributed by atoms with E-state index in [1.807, 2.05) is 85.8 Å². The highest BCUT2D eigenvalue weighted by atomic mass is 16.6. The highest BCUT2D eigenvalue weighted by Gasteiger charge is 2.45. The molecule has 4 heterocycles. The summed E-state index contributed by atoms with van der Waals surface area (Å²) in [6.07, 6.45) is -0.302. The van der Waals surface area contributed by atoms with E-state index >= 15 is 0 Å². The van der Waals surface area contributed by atoms with E-state index in [9.17, 15) is 38.7 Å². The van der Waals surface area contributed by atoms with E-state index in [4.69, 9.17) is 14.5 Å². The van der Waals surface area contributed by atoms with Gasteiger partial charge in [-0.15, -0.1) is 0 Å². The molecule has 1 aliphatic carbocycles. The van der Waals surface area contributed by atoms with Crippen LogP contribution in [0.5, 0.6) is 0 Å². The maximum absolute atomic E-state index is 13.9. The van der Waals surface area contributed by atoms with Crippen LogP contribution in [0.4, 0.5) is 4.79 Å². The Bertz CT molecular complexity index is 3110. The molecule has 0 radical (unpaired) electrons. The summed E-state index contributed by atoms with van der Waals surface area (Å²) in [6.45, 7) is 2.75. The average molecular weight is 960 g/mol. The summed E-state index contributed by atoms with van der Waals surface area (Å²) in [4.78, 5) is 99.3. The Balaban J connectivity index is 0.801. The minimum absolute atomic E-state index is 0.0168. The van der Waals surface area contributed by atoms with Crippen molar-refractivity contribution in [2.24, 2.45) is 0 Å². The lowest BCUT2D eigenvalue weighted by Gasteiger charge is -2.31. The second kappa shape index (κ2) is 20.4. The number of pyridine rings is 2. The Hall–Kier alpha value is -8.18. The molecule has 0 bridgehead atoms. The number of esters is 1. The van der Waals surface area contributed by atoms with Crippen molar-refractivity contribution in [3.8, 4) is 22.5 Å². The molecule has 0 saturated carbocycles. The SMILES string of the molecule is CCN(CCc1c2c(nc3ccccc13)-c1cc3c(c(=O)n1C2)COC(=O)[C@]3(O)CC)C(=O)CNC(=O)[C@H](Cc1ccccc1)NC(=O)CNC(=O)CNC(=O)OCC1c2ccccc2-c2ccccc21. The summed E-state index contributed by atoms with van der Waals surface area (Å²) in [5.41, 5.74) is 6.47. The Kier molecular flexibility index (Phi) is 13.8. The second-order valence-corrected chi connectivity index (χ2v) is 17.7. The number of fused-ring (bicyclic) bond motifs is 8. The van der Waals surface area contributed by atoms with Crippen LogP contribution in [0, 0.1) is 0 Å². The third-order valence-corrected chi connectivity index (χ3v) is 13.6. The number of nitrogens with one attached hydrogen (secondary N) is 4. The van der Waals surface area contributed by atoms with E-state index in [-0.39, 0.29) is 74.2 Å². The minimum Gasteiger partial charge on any atom is -0.458 e. The van der Waals surface area contributed by atoms with E-state index in [2.05, 4.69) is 21.3 Å². The molecule has 2 aliphatic heterocycles. The van der Waals surface area contributed by atoms with Gasteiger partial charge in [-0.1, -0.05) is 104 Å². The molecule has 71 heavy (non-hydrogen) atoms. The number of carbonyl (C=O) groups excluding carboxylic acids is 6. The summed E-state index contributed by atoms with van der Waals surface area (Å²) in [5.74, 6) is -3.26. The van der Waals surface area contributed by atoms with Gasteiger partial charge >= 0.3 is 12.1 Å². The quantitative estimate of drug-likeness (QED) is 0.0821. The molecular weight excluding hydrogens is 907 g/mol. The van der Waals surface area contributed by atoms with Gasteiger partial charge in [0, 0.05) is 41.9 Å². The van der Waals surface area contributed by atoms with Gasteiger partial charge in [0.2, 0.25) is 23.6 Å². The molecule has 364 valence electrons. The molecule has 17 nitrogen and oxygen atoms in total. The van der Waals surface area contributed by atoms with E-state index in [1.165, 1.54) is 0 Å². The van der Waals surface area contributed by atoms with Crippen molar-refractivity contribution in [2.45, 2.75) is 63.8 Å². The summed E-state index contributed by atoms with van der Waals surface area (Å²) in [6, 6.07) is 33.0. The monoisotopic (exact) mass is 959 g/mol. The van der Waals surface area contributed by atoms with Crippen LogP contribution < -0.4 is 26.8 Å². The van der Waals surface area contributed by atoms with Crippen molar-refractivity contribution >= 4 is 46.6 Å². The lowest BCUT2D eigenvalue weighted by Crippen LogP contribution is -2.52. The fourth-order valence-corrected chi connectivity index (χ4v) is 9.85. The zero-order valence-corrected chi connectivity index (χ0v) is 39.3. The predicted octanol–water partition coefficient (Wildman–Crippen LogP) is 3.97. The van der Waals surface area contributed by atoms with Crippen molar-refractivity contribution in [1.82, 2.24) is 35.7 Å². The van der Waals surface area contributed by atoms with E-state index in [0.717, 1.165) is 44.3 Å². The van der Waals surface area contributed by atoms with E-state index < -0.39 is 54.5 Å². The summed E-state index contributed by atoms with van der Waals surface area (Å²) < 4.78 is 12.3. The standard InChI is InChI=1S/C54H53N7O10/c1-3-54(69)42-25-45-49-39(29-61(45)51(66)41(42)31-70-52(54)67)37(38-20-12-13-21-43(38)59-49)22-23-60(4-2)48(64)28-56-50(65)44(24-32-14-6-5-7-15-32)58-47(63)27-55-46(62)26-57-53(68)71-30-40-35-18-10-8-16-33(35)34-17-9-11-19-36(34)40/h5-21,25,40,44,69H,3-4,22-24,26-31H2,1-2H3,(H,55,62)(H,56,65)(H,57,68)(H,58,63)/t44-,54-/m0/s1. The fraction of sp³-hybridized carbons (Fsp3) is 0.296. The van der Waals surface area contributed by atoms with Gasteiger partial charge in [-0.05, 0) is 65.3 Å². The lowest BCUT2D eigenvalue weighted by atomic mass is 9.86. The number of para-hydroxylation sites is 1. The largest absolute Gasteiger partial charge is 0.458 e. The van der Waals surface area contributed by atoms with Gasteiger partial charge in [0.05, 0.1) is 42.1 Å². The Morgan fingerprint density at radius 3 is 2.23 bits per heavy atom. The van der Waals surface area contributed by atoms with Gasteiger partial charge in [0.25, 0.3) is 5.56 Å². The van der Waals surface area contributed by atoms with Crippen LogP contribution in [0.1, 0.15) is 65.1 Å². The van der Waals surface area contributed by atoms with Crippen molar-refractivity contribution < 1.29 is 43.3 Å². The Morgan fingerprint density at radius 1 is 0.831 bits per heavy atom. The van der Waals surface area contributed by atoms with Crippen molar-refractivity contribution in [3.05, 3.63) is 158 Å². The lowest BCUT2D eigenvalue weighted by molar-refractivity contribution is -0.172. The summed E-state index contributed by atoms with van der Waals surface area (Å²) in [7, 11) is 0. The van der Waals surface area contributed by atoms with Gasteiger partial charge in [-0.3, -0.25) is 24.0 Å². The van der Waals surface area contributed by atoms with Crippen LogP contribution in [0.2, 0.25) is 0 Å². The number of hydrogen-bond donors (Lipinski definition) is 5. The molecule has 2 aromatic heterocycles. The van der Waals surface area contributed by atoms with E-state index in [0.29, 0.717) is 29.9 Å². The van der Waals surface area contributed by atoms with Crippen LogP contribution in [-0.4, -0.2) is 101 Å². The Labute approximate surface area is 408 Å². The molecular formula is C54H53N7O10. The van der Waals surface area contributed by atoms with Crippen LogP contribution in [-0.2, 0) is 65.0 Å². The molecule has 17 heteroatoms. The number of likely N-dealkylation sites (N-methyl/N-ethyl adjacent to an activating group) is 1. The topological polar surface area (TPSA) is 227 Å². The fourth-order valence-electron chi connectivity index (χ4n) is 9.85. The van der Waals surface area contributed by atoms with Crippen molar-refractivity contribution in [2.75, 3.05) is 39.3 Å². The number of rotatable bonds is 17. The number of carbonyl (C=O) groups is 6. The number of hydrogen-bond acceptors (Lipinski definition) is 11. The van der Waals surface area contributed by atoms with Crippen molar-refractivity contribution in [3.63, 3.8) is 0 Å². The number of alkyl carbamates (subject to hydrolysis) is 1. The number of nitrogens with zero attached hydrogens (tertiary/aromatic N) is 3. The third-order valence-electron chi connectivity index (χ3n) is 13.6. The average Bonchev–Trinajstić information content (AvgIpc) is 3.92. The number of benzene rings is 4. The first kappa shape index (κ1) is 47.9. The molecule has 5 amide bonds. The molecule has 0 fully saturated rings.